The van der Waals surface area contributed by atoms with E-state index in [1.807, 2.05) is 29.0 Å². The molecule has 136 valence electrons. The first-order valence-electron chi connectivity index (χ1n) is 8.10. The van der Waals surface area contributed by atoms with Crippen LogP contribution in [0.4, 0.5) is 0 Å². The largest absolute Gasteiger partial charge is 0.345 e. The number of imidazole rings is 1. The molecule has 1 aromatic heterocycles. The van der Waals surface area contributed by atoms with Gasteiger partial charge < -0.3 is 14.0 Å². The van der Waals surface area contributed by atoms with Gasteiger partial charge >= 0.3 is 0 Å². The molecule has 1 aliphatic heterocycles. The van der Waals surface area contributed by atoms with Crippen molar-refractivity contribution in [1.82, 2.24) is 9.55 Å². The first-order valence-corrected chi connectivity index (χ1v) is 9.92. The molecule has 2 atom stereocenters. The van der Waals surface area contributed by atoms with E-state index in [9.17, 15) is 8.42 Å². The number of aromatic nitrogens is 2. The van der Waals surface area contributed by atoms with E-state index in [4.69, 9.17) is 13.7 Å². The van der Waals surface area contributed by atoms with Crippen molar-refractivity contribution in [3.05, 3.63) is 54.6 Å². The molecule has 0 bridgehead atoms. The summed E-state index contributed by atoms with van der Waals surface area (Å²) in [5.74, 6) is -0.831. The fourth-order valence-corrected chi connectivity index (χ4v) is 3.23. The van der Waals surface area contributed by atoms with E-state index < -0.39 is 22.0 Å². The quantitative estimate of drug-likeness (QED) is 0.660. The van der Waals surface area contributed by atoms with Crippen LogP contribution in [0.2, 0.25) is 0 Å². The smallest absolute Gasteiger partial charge is 0.264 e. The van der Waals surface area contributed by atoms with Crippen LogP contribution < -0.4 is 0 Å². The SMILES string of the molecule is CS(=O)(=O)OCC1COC(CCc2ccccc2)(Cn2ccnc2)O1. The Hall–Kier alpha value is -1.74. The molecule has 2 heterocycles. The van der Waals surface area contributed by atoms with Crippen LogP contribution in [0.15, 0.2) is 49.1 Å². The molecule has 1 aromatic carbocycles. The lowest BCUT2D eigenvalue weighted by Crippen LogP contribution is -2.37. The Morgan fingerprint density at radius 1 is 1.36 bits per heavy atom. The maximum atomic E-state index is 11.2. The Kier molecular flexibility index (Phi) is 5.53. The third-order valence-corrected chi connectivity index (χ3v) is 4.57. The first-order chi connectivity index (χ1) is 11.9. The molecule has 0 radical (unpaired) electrons. The van der Waals surface area contributed by atoms with Crippen LogP contribution in [0.25, 0.3) is 0 Å². The second-order valence-electron chi connectivity index (χ2n) is 6.17. The highest BCUT2D eigenvalue weighted by Gasteiger charge is 2.42. The van der Waals surface area contributed by atoms with Crippen molar-refractivity contribution in [2.24, 2.45) is 0 Å². The molecule has 1 aliphatic rings. The monoisotopic (exact) mass is 366 g/mol. The van der Waals surface area contributed by atoms with Crippen LogP contribution >= 0.6 is 0 Å². The summed E-state index contributed by atoms with van der Waals surface area (Å²) in [6.45, 7) is 0.726. The van der Waals surface area contributed by atoms with Gasteiger partial charge in [-0.3, -0.25) is 4.18 Å². The van der Waals surface area contributed by atoms with Gasteiger partial charge in [-0.2, -0.15) is 8.42 Å². The van der Waals surface area contributed by atoms with Crippen molar-refractivity contribution in [2.75, 3.05) is 19.5 Å². The molecule has 0 aliphatic carbocycles. The predicted molar refractivity (Wildman–Crippen MR) is 91.3 cm³/mol. The summed E-state index contributed by atoms with van der Waals surface area (Å²) in [5, 5.41) is 0. The molecule has 7 nitrogen and oxygen atoms in total. The van der Waals surface area contributed by atoms with Crippen LogP contribution in [0.5, 0.6) is 0 Å². The zero-order valence-electron chi connectivity index (χ0n) is 14.1. The van der Waals surface area contributed by atoms with E-state index in [-0.39, 0.29) is 6.61 Å². The second kappa shape index (κ2) is 7.65. The minimum atomic E-state index is -3.50. The van der Waals surface area contributed by atoms with Crippen molar-refractivity contribution in [2.45, 2.75) is 31.3 Å². The van der Waals surface area contributed by atoms with Gasteiger partial charge in [0.25, 0.3) is 10.1 Å². The van der Waals surface area contributed by atoms with Gasteiger partial charge in [-0.05, 0) is 12.0 Å². The highest BCUT2D eigenvalue weighted by Crippen LogP contribution is 2.31. The van der Waals surface area contributed by atoms with Crippen molar-refractivity contribution in [3.63, 3.8) is 0 Å². The Bertz CT molecular complexity index is 764. The Labute approximate surface area is 147 Å². The maximum Gasteiger partial charge on any atom is 0.264 e. The van der Waals surface area contributed by atoms with Crippen LogP contribution in [0.3, 0.4) is 0 Å². The summed E-state index contributed by atoms with van der Waals surface area (Å²) in [5.41, 5.74) is 1.19. The third-order valence-electron chi connectivity index (χ3n) is 4.00. The van der Waals surface area contributed by atoms with Crippen molar-refractivity contribution in [3.8, 4) is 0 Å². The van der Waals surface area contributed by atoms with Gasteiger partial charge in [0, 0.05) is 18.8 Å². The molecule has 0 saturated carbocycles. The third kappa shape index (κ3) is 5.37. The number of ether oxygens (including phenoxy) is 2. The Balaban J connectivity index is 1.67. The molecule has 25 heavy (non-hydrogen) atoms. The number of hydrogen-bond acceptors (Lipinski definition) is 6. The van der Waals surface area contributed by atoms with E-state index in [0.717, 1.165) is 12.7 Å². The molecule has 0 spiro atoms. The normalized spacial score (nSPS) is 23.8. The first kappa shape index (κ1) is 18.1. The van der Waals surface area contributed by atoms with Gasteiger partial charge in [0.2, 0.25) is 0 Å². The van der Waals surface area contributed by atoms with Gasteiger partial charge in [0.05, 0.1) is 32.3 Å². The highest BCUT2D eigenvalue weighted by atomic mass is 32.2. The molecule has 2 aromatic rings. The van der Waals surface area contributed by atoms with Crippen LogP contribution in [0, 0.1) is 0 Å². The fraction of sp³-hybridized carbons (Fsp3) is 0.471. The Morgan fingerprint density at radius 2 is 2.16 bits per heavy atom. The number of aryl methyl sites for hydroxylation is 1. The maximum absolute atomic E-state index is 11.2. The molecule has 8 heteroatoms. The molecule has 1 saturated heterocycles. The summed E-state index contributed by atoms with van der Waals surface area (Å²) in [6.07, 6.45) is 7.28. The standard InChI is InChI=1S/C17H22N2O5S/c1-25(20,21)23-12-16-11-22-17(24-16,13-19-10-9-18-14-19)8-7-15-5-3-2-4-6-15/h2-6,9-10,14,16H,7-8,11-13H2,1H3. The van der Waals surface area contributed by atoms with E-state index >= 15 is 0 Å². The summed E-state index contributed by atoms with van der Waals surface area (Å²) in [4.78, 5) is 4.05. The zero-order valence-corrected chi connectivity index (χ0v) is 14.9. The highest BCUT2D eigenvalue weighted by molar-refractivity contribution is 7.85. The minimum absolute atomic E-state index is 0.0458. The van der Waals surface area contributed by atoms with Gasteiger partial charge in [0.1, 0.15) is 6.10 Å². The molecule has 3 rings (SSSR count). The average molecular weight is 366 g/mol. The number of nitrogens with zero attached hydrogens (tertiary/aromatic N) is 2. The van der Waals surface area contributed by atoms with Crippen LogP contribution in [-0.2, 0) is 36.7 Å². The lowest BCUT2D eigenvalue weighted by molar-refractivity contribution is -0.184. The van der Waals surface area contributed by atoms with Gasteiger partial charge in [0.15, 0.2) is 5.79 Å². The van der Waals surface area contributed by atoms with Gasteiger partial charge in [-0.1, -0.05) is 30.3 Å². The summed E-state index contributed by atoms with van der Waals surface area (Å²) >= 11 is 0. The van der Waals surface area contributed by atoms with Crippen LogP contribution in [-0.4, -0.2) is 49.3 Å². The molecule has 0 N–H and O–H groups in total. The summed E-state index contributed by atoms with van der Waals surface area (Å²) in [6, 6.07) is 10.1. The summed E-state index contributed by atoms with van der Waals surface area (Å²) < 4.78 is 41.2. The van der Waals surface area contributed by atoms with Crippen molar-refractivity contribution in [1.29, 1.82) is 0 Å². The lowest BCUT2D eigenvalue weighted by atomic mass is 10.0. The number of benzene rings is 1. The molecular weight excluding hydrogens is 344 g/mol. The van der Waals surface area contributed by atoms with E-state index in [2.05, 4.69) is 17.1 Å². The number of rotatable bonds is 8. The minimum Gasteiger partial charge on any atom is -0.345 e. The summed E-state index contributed by atoms with van der Waals surface area (Å²) in [7, 11) is -3.50. The van der Waals surface area contributed by atoms with Gasteiger partial charge in [-0.15, -0.1) is 0 Å². The lowest BCUT2D eigenvalue weighted by Gasteiger charge is -2.28. The molecule has 1 fully saturated rings. The molecular formula is C17H22N2O5S. The van der Waals surface area contributed by atoms with E-state index in [1.54, 1.807) is 12.5 Å². The fourth-order valence-electron chi connectivity index (χ4n) is 2.83. The second-order valence-corrected chi connectivity index (χ2v) is 7.81. The van der Waals surface area contributed by atoms with Crippen molar-refractivity contribution >= 4 is 10.1 Å². The predicted octanol–water partition coefficient (Wildman–Crippen LogP) is 1.60. The van der Waals surface area contributed by atoms with Crippen molar-refractivity contribution < 1.29 is 22.1 Å². The number of hydrogen-bond donors (Lipinski definition) is 0. The van der Waals surface area contributed by atoms with Crippen LogP contribution in [0.1, 0.15) is 12.0 Å². The van der Waals surface area contributed by atoms with E-state index in [0.29, 0.717) is 19.6 Å². The zero-order chi connectivity index (χ0) is 17.8. The van der Waals surface area contributed by atoms with E-state index in [1.165, 1.54) is 5.56 Å². The molecule has 2 unspecified atom stereocenters. The molecule has 0 amide bonds. The topological polar surface area (TPSA) is 79.7 Å². The Morgan fingerprint density at radius 3 is 2.84 bits per heavy atom. The average Bonchev–Trinajstić information content (AvgIpc) is 3.22. The van der Waals surface area contributed by atoms with Gasteiger partial charge in [-0.25, -0.2) is 4.98 Å².